The summed E-state index contributed by atoms with van der Waals surface area (Å²) in [5.74, 6) is 0. The molecule has 20 heavy (non-hydrogen) atoms. The van der Waals surface area contributed by atoms with Gasteiger partial charge in [-0.2, -0.15) is 5.10 Å². The summed E-state index contributed by atoms with van der Waals surface area (Å²) in [6.45, 7) is 4.09. The molecule has 5 heteroatoms. The summed E-state index contributed by atoms with van der Waals surface area (Å²) in [6, 6.07) is 8.24. The van der Waals surface area contributed by atoms with E-state index in [2.05, 4.69) is 29.1 Å². The van der Waals surface area contributed by atoms with Gasteiger partial charge < -0.3 is 0 Å². The number of aromatic nitrogens is 4. The van der Waals surface area contributed by atoms with Crippen LogP contribution in [0.1, 0.15) is 11.3 Å². The van der Waals surface area contributed by atoms with Crippen LogP contribution in [0.15, 0.2) is 36.0 Å². The zero-order valence-corrected chi connectivity index (χ0v) is 12.0. The molecule has 4 nitrogen and oxygen atoms in total. The van der Waals surface area contributed by atoms with Crippen LogP contribution in [-0.4, -0.2) is 19.6 Å². The second-order valence-electron chi connectivity index (χ2n) is 4.85. The van der Waals surface area contributed by atoms with Crippen LogP contribution < -0.4 is 0 Å². The number of hydrogen-bond acceptors (Lipinski definition) is 4. The van der Waals surface area contributed by atoms with E-state index < -0.39 is 0 Å². The molecule has 0 fully saturated rings. The molecule has 0 saturated heterocycles. The van der Waals surface area contributed by atoms with Crippen molar-refractivity contribution in [3.05, 3.63) is 47.2 Å². The van der Waals surface area contributed by atoms with Crippen molar-refractivity contribution >= 4 is 27.2 Å². The van der Waals surface area contributed by atoms with Crippen LogP contribution in [0, 0.1) is 13.8 Å². The maximum Gasteiger partial charge on any atom is 0.158 e. The molecule has 0 aliphatic heterocycles. The summed E-state index contributed by atoms with van der Waals surface area (Å²) < 4.78 is 3.06. The number of rotatable bonds is 1. The van der Waals surface area contributed by atoms with Gasteiger partial charge in [-0.05, 0) is 26.0 Å². The van der Waals surface area contributed by atoms with E-state index in [-0.39, 0.29) is 0 Å². The molecular weight excluding hydrogens is 268 g/mol. The molecule has 0 spiro atoms. The lowest BCUT2D eigenvalue weighted by atomic mass is 10.1. The average molecular weight is 280 g/mol. The summed E-state index contributed by atoms with van der Waals surface area (Å²) in [4.78, 5) is 9.15. The zero-order valence-electron chi connectivity index (χ0n) is 11.2. The smallest absolute Gasteiger partial charge is 0.158 e. The standard InChI is InChI=1S/C15H12N4S/c1-9-7-17-19-10(2)6-13(18-15(9)19)11-4-3-5-12-14(11)20-8-16-12/h3-8H,1-2H3. The Morgan fingerprint density at radius 1 is 1.20 bits per heavy atom. The quantitative estimate of drug-likeness (QED) is 0.535. The van der Waals surface area contributed by atoms with Crippen molar-refractivity contribution in [3.63, 3.8) is 0 Å². The molecule has 0 amide bonds. The molecule has 0 aliphatic rings. The largest absolute Gasteiger partial charge is 0.245 e. The third-order valence-electron chi connectivity index (χ3n) is 3.46. The summed E-state index contributed by atoms with van der Waals surface area (Å²) in [7, 11) is 0. The Hall–Kier alpha value is -2.27. The Morgan fingerprint density at radius 3 is 3.00 bits per heavy atom. The van der Waals surface area contributed by atoms with Crippen LogP contribution in [-0.2, 0) is 0 Å². The van der Waals surface area contributed by atoms with Gasteiger partial charge in [-0.15, -0.1) is 11.3 Å². The van der Waals surface area contributed by atoms with Crippen LogP contribution in [0.3, 0.4) is 0 Å². The van der Waals surface area contributed by atoms with Crippen molar-refractivity contribution in [1.29, 1.82) is 0 Å². The van der Waals surface area contributed by atoms with E-state index >= 15 is 0 Å². The Bertz CT molecular complexity index is 936. The average Bonchev–Trinajstić information content (AvgIpc) is 3.06. The van der Waals surface area contributed by atoms with E-state index in [9.17, 15) is 0 Å². The van der Waals surface area contributed by atoms with E-state index in [1.165, 1.54) is 4.70 Å². The first-order valence-corrected chi connectivity index (χ1v) is 7.26. The molecular formula is C15H12N4S. The van der Waals surface area contributed by atoms with Crippen LogP contribution in [0.25, 0.3) is 27.1 Å². The number of benzene rings is 1. The lowest BCUT2D eigenvalue weighted by molar-refractivity contribution is 0.896. The van der Waals surface area contributed by atoms with E-state index in [1.807, 2.05) is 35.3 Å². The maximum atomic E-state index is 4.77. The van der Waals surface area contributed by atoms with E-state index in [0.717, 1.165) is 33.7 Å². The highest BCUT2D eigenvalue weighted by atomic mass is 32.1. The number of thiazole rings is 1. The Kier molecular flexibility index (Phi) is 2.37. The van der Waals surface area contributed by atoms with Crippen molar-refractivity contribution in [2.24, 2.45) is 0 Å². The van der Waals surface area contributed by atoms with Crippen molar-refractivity contribution in [2.75, 3.05) is 0 Å². The van der Waals surface area contributed by atoms with Gasteiger partial charge >= 0.3 is 0 Å². The van der Waals surface area contributed by atoms with E-state index in [0.29, 0.717) is 0 Å². The number of aryl methyl sites for hydroxylation is 2. The number of nitrogens with zero attached hydrogens (tertiary/aromatic N) is 4. The van der Waals surface area contributed by atoms with Crippen molar-refractivity contribution in [1.82, 2.24) is 19.6 Å². The van der Waals surface area contributed by atoms with Gasteiger partial charge in [0.15, 0.2) is 5.65 Å². The van der Waals surface area contributed by atoms with Crippen LogP contribution in [0.4, 0.5) is 0 Å². The fourth-order valence-corrected chi connectivity index (χ4v) is 3.26. The van der Waals surface area contributed by atoms with E-state index in [1.54, 1.807) is 11.3 Å². The minimum absolute atomic E-state index is 0.918. The van der Waals surface area contributed by atoms with Crippen molar-refractivity contribution < 1.29 is 0 Å². The van der Waals surface area contributed by atoms with Gasteiger partial charge in [0, 0.05) is 16.8 Å². The van der Waals surface area contributed by atoms with Gasteiger partial charge in [0.05, 0.1) is 27.6 Å². The van der Waals surface area contributed by atoms with Gasteiger partial charge in [-0.1, -0.05) is 12.1 Å². The molecule has 1 aromatic carbocycles. The minimum atomic E-state index is 0.918. The summed E-state index contributed by atoms with van der Waals surface area (Å²) >= 11 is 1.65. The molecule has 0 aliphatic carbocycles. The van der Waals surface area contributed by atoms with Gasteiger partial charge in [0.25, 0.3) is 0 Å². The molecule has 0 N–H and O–H groups in total. The molecule has 0 atom stereocenters. The molecule has 0 saturated carbocycles. The predicted molar refractivity (Wildman–Crippen MR) is 81.1 cm³/mol. The highest BCUT2D eigenvalue weighted by Gasteiger charge is 2.11. The Balaban J connectivity index is 2.07. The highest BCUT2D eigenvalue weighted by Crippen LogP contribution is 2.30. The van der Waals surface area contributed by atoms with Crippen LogP contribution in [0.5, 0.6) is 0 Å². The van der Waals surface area contributed by atoms with Crippen LogP contribution in [0.2, 0.25) is 0 Å². The third-order valence-corrected chi connectivity index (χ3v) is 4.33. The molecule has 98 valence electrons. The monoisotopic (exact) mass is 280 g/mol. The van der Waals surface area contributed by atoms with E-state index in [4.69, 9.17) is 4.98 Å². The normalized spacial score (nSPS) is 11.5. The van der Waals surface area contributed by atoms with Gasteiger partial charge in [-0.3, -0.25) is 0 Å². The maximum absolute atomic E-state index is 4.77. The molecule has 0 radical (unpaired) electrons. The summed E-state index contributed by atoms with van der Waals surface area (Å²) in [6.07, 6.45) is 1.85. The second kappa shape index (κ2) is 4.11. The SMILES string of the molecule is Cc1cnn2c(C)cc(-c3cccc4ncsc34)nc12. The second-order valence-corrected chi connectivity index (χ2v) is 5.71. The Morgan fingerprint density at radius 2 is 2.10 bits per heavy atom. The van der Waals surface area contributed by atoms with Gasteiger partial charge in [0.2, 0.25) is 0 Å². The molecule has 4 aromatic rings. The summed E-state index contributed by atoms with van der Waals surface area (Å²) in [5, 5.41) is 4.35. The lowest BCUT2D eigenvalue weighted by Gasteiger charge is -2.06. The first kappa shape index (κ1) is 11.5. The van der Waals surface area contributed by atoms with Crippen LogP contribution >= 0.6 is 11.3 Å². The molecule has 4 rings (SSSR count). The molecule has 3 heterocycles. The third kappa shape index (κ3) is 1.56. The number of fused-ring (bicyclic) bond motifs is 2. The number of hydrogen-bond donors (Lipinski definition) is 0. The highest BCUT2D eigenvalue weighted by molar-refractivity contribution is 7.17. The fraction of sp³-hybridized carbons (Fsp3) is 0.133. The summed E-state index contributed by atoms with van der Waals surface area (Å²) in [5.41, 5.74) is 8.11. The first-order valence-electron chi connectivity index (χ1n) is 6.38. The minimum Gasteiger partial charge on any atom is -0.245 e. The first-order chi connectivity index (χ1) is 9.74. The topological polar surface area (TPSA) is 43.1 Å². The zero-order chi connectivity index (χ0) is 13.7. The van der Waals surface area contributed by atoms with Crippen molar-refractivity contribution in [2.45, 2.75) is 13.8 Å². The lowest BCUT2D eigenvalue weighted by Crippen LogP contribution is -1.98. The fourth-order valence-electron chi connectivity index (χ4n) is 2.45. The molecule has 3 aromatic heterocycles. The van der Waals surface area contributed by atoms with Gasteiger partial charge in [0.1, 0.15) is 0 Å². The van der Waals surface area contributed by atoms with Crippen molar-refractivity contribution in [3.8, 4) is 11.3 Å². The predicted octanol–water partition coefficient (Wildman–Crippen LogP) is 3.62. The molecule has 0 unspecified atom stereocenters. The molecule has 0 bridgehead atoms. The van der Waals surface area contributed by atoms with Gasteiger partial charge in [-0.25, -0.2) is 14.5 Å². The Labute approximate surface area is 119 Å².